The normalized spacial score (nSPS) is 13.1. The predicted molar refractivity (Wildman–Crippen MR) is 81.6 cm³/mol. The summed E-state index contributed by atoms with van der Waals surface area (Å²) in [5.41, 5.74) is 7.72. The molecule has 3 aromatic rings. The van der Waals surface area contributed by atoms with Crippen molar-refractivity contribution in [2.45, 2.75) is 19.9 Å². The van der Waals surface area contributed by atoms with Gasteiger partial charge in [-0.1, -0.05) is 18.2 Å². The zero-order valence-electron chi connectivity index (χ0n) is 10.4. The summed E-state index contributed by atoms with van der Waals surface area (Å²) in [7, 11) is 0. The van der Waals surface area contributed by atoms with E-state index in [4.69, 9.17) is 5.73 Å². The Morgan fingerprint density at radius 3 is 2.50 bits per heavy atom. The number of nitrogens with two attached hydrogens (primary N) is 1. The van der Waals surface area contributed by atoms with Gasteiger partial charge in [-0.2, -0.15) is 0 Å². The molecule has 0 spiro atoms. The van der Waals surface area contributed by atoms with Crippen molar-refractivity contribution in [3.63, 3.8) is 0 Å². The Kier molecular flexibility index (Phi) is 2.98. The molecule has 3 rings (SSSR count). The molecular formula is C15H15NS2. The van der Waals surface area contributed by atoms with Crippen LogP contribution in [0.25, 0.3) is 10.1 Å². The lowest BCUT2D eigenvalue weighted by atomic mass is 10.1. The van der Waals surface area contributed by atoms with Gasteiger partial charge in [0.05, 0.1) is 6.04 Å². The molecule has 92 valence electrons. The van der Waals surface area contributed by atoms with E-state index >= 15 is 0 Å². The van der Waals surface area contributed by atoms with Crippen molar-refractivity contribution in [3.05, 3.63) is 56.6 Å². The molecule has 2 aromatic heterocycles. The molecule has 2 N–H and O–H groups in total. The quantitative estimate of drug-likeness (QED) is 0.724. The molecule has 0 amide bonds. The molecule has 0 saturated heterocycles. The monoisotopic (exact) mass is 273 g/mol. The molecule has 0 aliphatic heterocycles. The van der Waals surface area contributed by atoms with Crippen molar-refractivity contribution in [3.8, 4) is 0 Å². The van der Waals surface area contributed by atoms with Crippen molar-refractivity contribution in [2.75, 3.05) is 0 Å². The van der Waals surface area contributed by atoms with E-state index in [-0.39, 0.29) is 6.04 Å². The predicted octanol–water partition coefficient (Wildman–Crippen LogP) is 4.63. The summed E-state index contributed by atoms with van der Waals surface area (Å²) in [5, 5.41) is 1.29. The van der Waals surface area contributed by atoms with Crippen LogP contribution in [0.2, 0.25) is 0 Å². The molecule has 1 nitrogen and oxygen atoms in total. The lowest BCUT2D eigenvalue weighted by Gasteiger charge is -2.08. The molecule has 18 heavy (non-hydrogen) atoms. The number of benzene rings is 1. The topological polar surface area (TPSA) is 26.0 Å². The van der Waals surface area contributed by atoms with Gasteiger partial charge in [-0.25, -0.2) is 0 Å². The number of hydrogen-bond donors (Lipinski definition) is 1. The summed E-state index contributed by atoms with van der Waals surface area (Å²) in [6.07, 6.45) is 0. The van der Waals surface area contributed by atoms with Crippen molar-refractivity contribution in [2.24, 2.45) is 5.73 Å². The first-order chi connectivity index (χ1) is 8.65. The smallest absolute Gasteiger partial charge is 0.0743 e. The fourth-order valence-electron chi connectivity index (χ4n) is 2.25. The number of hydrogen-bond acceptors (Lipinski definition) is 3. The maximum atomic E-state index is 6.42. The van der Waals surface area contributed by atoms with Crippen molar-refractivity contribution < 1.29 is 0 Å². The van der Waals surface area contributed by atoms with E-state index in [1.165, 1.54) is 30.3 Å². The first-order valence-corrected chi connectivity index (χ1v) is 7.59. The molecule has 3 heteroatoms. The molecule has 0 fully saturated rings. The first-order valence-electron chi connectivity index (χ1n) is 5.96. The van der Waals surface area contributed by atoms with Gasteiger partial charge in [0.15, 0.2) is 0 Å². The minimum Gasteiger partial charge on any atom is -0.319 e. The third-order valence-corrected chi connectivity index (χ3v) is 5.55. The number of aryl methyl sites for hydroxylation is 2. The Morgan fingerprint density at radius 2 is 1.83 bits per heavy atom. The third kappa shape index (κ3) is 1.99. The molecular weight excluding hydrogens is 258 g/mol. The maximum Gasteiger partial charge on any atom is 0.0743 e. The molecule has 1 unspecified atom stereocenters. The second-order valence-corrected chi connectivity index (χ2v) is 6.97. The number of rotatable bonds is 2. The SMILES string of the molecule is Cc1cc(C)c(C(N)c2cc3ccccc3s2)s1. The lowest BCUT2D eigenvalue weighted by Crippen LogP contribution is -2.09. The highest BCUT2D eigenvalue weighted by atomic mass is 32.1. The van der Waals surface area contributed by atoms with Gasteiger partial charge in [0.25, 0.3) is 0 Å². The van der Waals surface area contributed by atoms with Crippen LogP contribution in [0.1, 0.15) is 26.2 Å². The summed E-state index contributed by atoms with van der Waals surface area (Å²) < 4.78 is 1.31. The van der Waals surface area contributed by atoms with Gasteiger partial charge < -0.3 is 5.73 Å². The van der Waals surface area contributed by atoms with Crippen LogP contribution in [0.15, 0.2) is 36.4 Å². The van der Waals surface area contributed by atoms with Crippen molar-refractivity contribution >= 4 is 32.8 Å². The first kappa shape index (κ1) is 11.9. The highest BCUT2D eigenvalue weighted by Gasteiger charge is 2.16. The summed E-state index contributed by atoms with van der Waals surface area (Å²) in [6, 6.07) is 12.9. The Hall–Kier alpha value is -1.16. The summed E-state index contributed by atoms with van der Waals surface area (Å²) in [6.45, 7) is 4.28. The minimum atomic E-state index is 0.0149. The Balaban J connectivity index is 2.06. The van der Waals surface area contributed by atoms with Gasteiger partial charge in [-0.3, -0.25) is 0 Å². The van der Waals surface area contributed by atoms with E-state index in [1.54, 1.807) is 11.3 Å². The number of thiophene rings is 2. The zero-order valence-corrected chi connectivity index (χ0v) is 12.1. The molecule has 1 atom stereocenters. The van der Waals surface area contributed by atoms with Gasteiger partial charge >= 0.3 is 0 Å². The summed E-state index contributed by atoms with van der Waals surface area (Å²) in [4.78, 5) is 3.87. The van der Waals surface area contributed by atoms with Gasteiger partial charge in [-0.15, -0.1) is 22.7 Å². The standard InChI is InChI=1S/C15H15NS2/c1-9-7-10(2)17-15(9)14(16)13-8-11-5-3-4-6-12(11)18-13/h3-8,14H,16H2,1-2H3. The van der Waals surface area contributed by atoms with Crippen LogP contribution in [0.4, 0.5) is 0 Å². The average Bonchev–Trinajstić information content (AvgIpc) is 2.91. The molecule has 0 saturated carbocycles. The fourth-order valence-corrected chi connectivity index (χ4v) is 4.46. The van der Waals surface area contributed by atoms with Crippen LogP contribution >= 0.6 is 22.7 Å². The van der Waals surface area contributed by atoms with E-state index in [2.05, 4.69) is 50.2 Å². The van der Waals surface area contributed by atoms with E-state index < -0.39 is 0 Å². The van der Waals surface area contributed by atoms with E-state index in [0.717, 1.165) is 0 Å². The van der Waals surface area contributed by atoms with E-state index in [0.29, 0.717) is 0 Å². The Morgan fingerprint density at radius 1 is 1.06 bits per heavy atom. The van der Waals surface area contributed by atoms with Gasteiger partial charge in [0.1, 0.15) is 0 Å². The van der Waals surface area contributed by atoms with Crippen molar-refractivity contribution in [1.82, 2.24) is 0 Å². The van der Waals surface area contributed by atoms with Crippen LogP contribution < -0.4 is 5.73 Å². The second kappa shape index (κ2) is 4.50. The average molecular weight is 273 g/mol. The molecule has 0 bridgehead atoms. The molecule has 0 aliphatic rings. The highest BCUT2D eigenvalue weighted by molar-refractivity contribution is 7.19. The Labute approximate surface area is 115 Å². The summed E-state index contributed by atoms with van der Waals surface area (Å²) in [5.74, 6) is 0. The summed E-state index contributed by atoms with van der Waals surface area (Å²) >= 11 is 3.61. The molecule has 0 radical (unpaired) electrons. The van der Waals surface area contributed by atoms with Crippen LogP contribution in [-0.4, -0.2) is 0 Å². The number of fused-ring (bicyclic) bond motifs is 1. The van der Waals surface area contributed by atoms with Crippen molar-refractivity contribution in [1.29, 1.82) is 0 Å². The van der Waals surface area contributed by atoms with Gasteiger partial charge in [-0.05, 0) is 43.0 Å². The zero-order chi connectivity index (χ0) is 12.7. The third-order valence-electron chi connectivity index (χ3n) is 3.11. The van der Waals surface area contributed by atoms with Gasteiger partial charge in [0, 0.05) is 19.3 Å². The minimum absolute atomic E-state index is 0.0149. The fraction of sp³-hybridized carbons (Fsp3) is 0.200. The molecule has 0 aliphatic carbocycles. The Bertz CT molecular complexity index is 660. The maximum absolute atomic E-state index is 6.42. The largest absolute Gasteiger partial charge is 0.319 e. The second-order valence-electron chi connectivity index (χ2n) is 4.57. The van der Waals surface area contributed by atoms with Crippen LogP contribution in [-0.2, 0) is 0 Å². The lowest BCUT2D eigenvalue weighted by molar-refractivity contribution is 0.909. The van der Waals surface area contributed by atoms with Crippen LogP contribution in [0.3, 0.4) is 0 Å². The highest BCUT2D eigenvalue weighted by Crippen LogP contribution is 2.35. The molecule has 1 aromatic carbocycles. The van der Waals surface area contributed by atoms with E-state index in [9.17, 15) is 0 Å². The van der Waals surface area contributed by atoms with Gasteiger partial charge in [0.2, 0.25) is 0 Å². The van der Waals surface area contributed by atoms with Crippen LogP contribution in [0, 0.1) is 13.8 Å². The van der Waals surface area contributed by atoms with E-state index in [1.807, 2.05) is 11.3 Å². The molecule has 2 heterocycles. The van der Waals surface area contributed by atoms with Crippen LogP contribution in [0.5, 0.6) is 0 Å².